The molecule has 1 aromatic carbocycles. The van der Waals surface area contributed by atoms with Crippen molar-refractivity contribution in [1.29, 1.82) is 0 Å². The first-order valence-corrected chi connectivity index (χ1v) is 9.18. The monoisotopic (exact) mass is 471 g/mol. The lowest BCUT2D eigenvalue weighted by Crippen LogP contribution is -2.34. The lowest BCUT2D eigenvalue weighted by Gasteiger charge is -2.17. The molecule has 1 aliphatic rings. The number of hydrogen-bond donors (Lipinski definition) is 2. The minimum atomic E-state index is -0.638. The molecule has 1 fully saturated rings. The lowest BCUT2D eigenvalue weighted by molar-refractivity contribution is -0.137. The second-order valence-electron chi connectivity index (χ2n) is 6.33. The number of benzene rings is 1. The van der Waals surface area contributed by atoms with Crippen molar-refractivity contribution in [2.75, 3.05) is 18.5 Å². The van der Waals surface area contributed by atoms with E-state index in [0.29, 0.717) is 24.4 Å². The Balaban J connectivity index is 1.69. The van der Waals surface area contributed by atoms with Gasteiger partial charge >= 0.3 is 0 Å². The number of rotatable bonds is 5. The fraction of sp³-hybridized carbons (Fsp3) is 0.333. The van der Waals surface area contributed by atoms with Gasteiger partial charge in [-0.1, -0.05) is 0 Å². The highest BCUT2D eigenvalue weighted by molar-refractivity contribution is 14.1. The van der Waals surface area contributed by atoms with E-state index in [9.17, 15) is 9.18 Å². The Morgan fingerprint density at radius 1 is 1.38 bits per heavy atom. The van der Waals surface area contributed by atoms with Gasteiger partial charge in [0.1, 0.15) is 11.9 Å². The maximum absolute atomic E-state index is 14.1. The summed E-state index contributed by atoms with van der Waals surface area (Å²) >= 11 is 2.04. The van der Waals surface area contributed by atoms with E-state index in [0.717, 1.165) is 3.57 Å². The van der Waals surface area contributed by atoms with E-state index in [1.165, 1.54) is 18.5 Å². The number of nitrogens with zero attached hydrogens (tertiary/aromatic N) is 1. The number of pyridine rings is 1. The highest BCUT2D eigenvalue weighted by atomic mass is 127. The standard InChI is InChI=1S/C18H19FIN3O3/c1-18(2)25-10-12(26-18)8-22-17(24)13-5-6-21-9-16(13)23-15-4-3-11(20)7-14(15)19/h3-7,9,12,23H,8,10H2,1-2H3,(H,22,24)/t12-/m0/s1. The van der Waals surface area contributed by atoms with Crippen molar-refractivity contribution < 1.29 is 18.7 Å². The van der Waals surface area contributed by atoms with E-state index < -0.39 is 11.6 Å². The Hall–Kier alpha value is -1.78. The van der Waals surface area contributed by atoms with Crippen LogP contribution in [0.3, 0.4) is 0 Å². The Kier molecular flexibility index (Phi) is 5.73. The van der Waals surface area contributed by atoms with Gasteiger partial charge in [0.15, 0.2) is 5.79 Å². The van der Waals surface area contributed by atoms with Gasteiger partial charge < -0.3 is 20.1 Å². The molecule has 0 spiro atoms. The average Bonchev–Trinajstić information content (AvgIpc) is 2.95. The van der Waals surface area contributed by atoms with Gasteiger partial charge in [0.05, 0.1) is 29.7 Å². The fourth-order valence-electron chi connectivity index (χ4n) is 2.59. The molecule has 6 nitrogen and oxygen atoms in total. The number of hydrogen-bond acceptors (Lipinski definition) is 5. The maximum Gasteiger partial charge on any atom is 0.253 e. The molecule has 2 N–H and O–H groups in total. The maximum atomic E-state index is 14.1. The molecule has 0 bridgehead atoms. The first kappa shape index (κ1) is 19.0. The molecular formula is C18H19FIN3O3. The van der Waals surface area contributed by atoms with Crippen LogP contribution in [0, 0.1) is 9.39 Å². The third kappa shape index (κ3) is 4.68. The molecule has 138 valence electrons. The van der Waals surface area contributed by atoms with E-state index in [1.54, 1.807) is 18.2 Å². The fourth-order valence-corrected chi connectivity index (χ4v) is 3.05. The van der Waals surface area contributed by atoms with Crippen LogP contribution in [-0.2, 0) is 9.47 Å². The number of carbonyl (C=O) groups excluding carboxylic acids is 1. The van der Waals surface area contributed by atoms with Crippen LogP contribution in [0.15, 0.2) is 36.7 Å². The van der Waals surface area contributed by atoms with Gasteiger partial charge in [0.2, 0.25) is 0 Å². The van der Waals surface area contributed by atoms with Crippen LogP contribution < -0.4 is 10.6 Å². The van der Waals surface area contributed by atoms with E-state index in [2.05, 4.69) is 15.6 Å². The smallest absolute Gasteiger partial charge is 0.253 e. The predicted molar refractivity (Wildman–Crippen MR) is 104 cm³/mol. The Labute approximate surface area is 164 Å². The minimum absolute atomic E-state index is 0.208. The normalized spacial score (nSPS) is 18.5. The van der Waals surface area contributed by atoms with Crippen LogP contribution in [-0.4, -0.2) is 35.9 Å². The summed E-state index contributed by atoms with van der Waals surface area (Å²) in [6, 6.07) is 6.40. The Morgan fingerprint density at radius 3 is 2.88 bits per heavy atom. The van der Waals surface area contributed by atoms with Gasteiger partial charge in [-0.2, -0.15) is 0 Å². The van der Waals surface area contributed by atoms with Crippen LogP contribution in [0.5, 0.6) is 0 Å². The van der Waals surface area contributed by atoms with Crippen LogP contribution >= 0.6 is 22.6 Å². The van der Waals surface area contributed by atoms with Crippen molar-refractivity contribution in [3.8, 4) is 0 Å². The number of carbonyl (C=O) groups is 1. The Morgan fingerprint density at radius 2 is 2.19 bits per heavy atom. The summed E-state index contributed by atoms with van der Waals surface area (Å²) in [5.74, 6) is -1.33. The number of ether oxygens (including phenoxy) is 2. The number of anilines is 2. The van der Waals surface area contributed by atoms with Gasteiger partial charge in [0, 0.05) is 16.3 Å². The summed E-state index contributed by atoms with van der Waals surface area (Å²) in [5.41, 5.74) is 1.08. The van der Waals surface area contributed by atoms with E-state index in [1.807, 2.05) is 36.4 Å². The van der Waals surface area contributed by atoms with Gasteiger partial charge in [0.25, 0.3) is 5.91 Å². The summed E-state index contributed by atoms with van der Waals surface area (Å²) < 4.78 is 26.0. The second kappa shape index (κ2) is 7.85. The van der Waals surface area contributed by atoms with Crippen molar-refractivity contribution in [2.24, 2.45) is 0 Å². The van der Waals surface area contributed by atoms with E-state index in [-0.39, 0.29) is 17.7 Å². The molecule has 1 atom stereocenters. The molecule has 0 saturated carbocycles. The van der Waals surface area contributed by atoms with Crippen LogP contribution in [0.4, 0.5) is 15.8 Å². The molecule has 2 heterocycles. The van der Waals surface area contributed by atoms with Crippen LogP contribution in [0.25, 0.3) is 0 Å². The molecule has 8 heteroatoms. The van der Waals surface area contributed by atoms with Crippen LogP contribution in [0.1, 0.15) is 24.2 Å². The molecule has 0 aliphatic carbocycles. The van der Waals surface area contributed by atoms with Crippen molar-refractivity contribution in [3.05, 3.63) is 51.6 Å². The van der Waals surface area contributed by atoms with Crippen molar-refractivity contribution in [1.82, 2.24) is 10.3 Å². The third-order valence-electron chi connectivity index (χ3n) is 3.82. The number of amides is 1. The predicted octanol–water partition coefficient (Wildman–Crippen LogP) is 3.45. The quantitative estimate of drug-likeness (QED) is 0.654. The summed E-state index contributed by atoms with van der Waals surface area (Å²) in [4.78, 5) is 16.6. The van der Waals surface area contributed by atoms with E-state index in [4.69, 9.17) is 9.47 Å². The zero-order valence-electron chi connectivity index (χ0n) is 14.4. The van der Waals surface area contributed by atoms with Crippen LogP contribution in [0.2, 0.25) is 0 Å². The topological polar surface area (TPSA) is 72.5 Å². The summed E-state index contributed by atoms with van der Waals surface area (Å²) in [7, 11) is 0. The van der Waals surface area contributed by atoms with Crippen molar-refractivity contribution in [3.63, 3.8) is 0 Å². The summed E-state index contributed by atoms with van der Waals surface area (Å²) in [5, 5.41) is 5.75. The number of halogens is 2. The third-order valence-corrected chi connectivity index (χ3v) is 4.49. The van der Waals surface area contributed by atoms with Gasteiger partial charge in [-0.25, -0.2) is 4.39 Å². The molecule has 1 saturated heterocycles. The Bertz CT molecular complexity index is 816. The highest BCUT2D eigenvalue weighted by Crippen LogP contribution is 2.24. The van der Waals surface area contributed by atoms with Crippen molar-refractivity contribution in [2.45, 2.75) is 25.7 Å². The molecule has 3 rings (SSSR count). The first-order chi connectivity index (χ1) is 12.3. The molecule has 1 amide bonds. The zero-order valence-corrected chi connectivity index (χ0v) is 16.5. The highest BCUT2D eigenvalue weighted by Gasteiger charge is 2.32. The zero-order chi connectivity index (χ0) is 18.7. The SMILES string of the molecule is CC1(C)OC[C@H](CNC(=O)c2ccncc2Nc2ccc(I)cc2F)O1. The van der Waals surface area contributed by atoms with Gasteiger partial charge in [-0.05, 0) is 60.7 Å². The van der Waals surface area contributed by atoms with Crippen molar-refractivity contribution >= 4 is 39.9 Å². The average molecular weight is 471 g/mol. The summed E-state index contributed by atoms with van der Waals surface area (Å²) in [6.07, 6.45) is 2.80. The molecule has 0 radical (unpaired) electrons. The van der Waals surface area contributed by atoms with E-state index >= 15 is 0 Å². The first-order valence-electron chi connectivity index (χ1n) is 8.10. The molecule has 1 aromatic heterocycles. The number of nitrogens with one attached hydrogen (secondary N) is 2. The minimum Gasteiger partial charge on any atom is -0.351 e. The second-order valence-corrected chi connectivity index (χ2v) is 7.58. The van der Waals surface area contributed by atoms with Gasteiger partial charge in [-0.15, -0.1) is 0 Å². The van der Waals surface area contributed by atoms with Gasteiger partial charge in [-0.3, -0.25) is 9.78 Å². The number of aromatic nitrogens is 1. The lowest BCUT2D eigenvalue weighted by atomic mass is 10.2. The molecular weight excluding hydrogens is 452 g/mol. The largest absolute Gasteiger partial charge is 0.351 e. The molecule has 26 heavy (non-hydrogen) atoms. The summed E-state index contributed by atoms with van der Waals surface area (Å²) in [6.45, 7) is 4.40. The molecule has 2 aromatic rings. The molecule has 1 aliphatic heterocycles. The molecule has 0 unspecified atom stereocenters.